The van der Waals surface area contributed by atoms with E-state index in [-0.39, 0.29) is 43.3 Å². The topological polar surface area (TPSA) is 76.7 Å². The zero-order valence-corrected chi connectivity index (χ0v) is 15.3. The van der Waals surface area contributed by atoms with E-state index >= 15 is 0 Å². The van der Waals surface area contributed by atoms with Gasteiger partial charge in [-0.1, -0.05) is 12.1 Å². The normalized spacial score (nSPS) is 11.5. The number of benzene rings is 2. The third-order valence-corrected chi connectivity index (χ3v) is 3.64. The lowest BCUT2D eigenvalue weighted by Crippen LogP contribution is -2.39. The molecule has 144 valence electrons. The smallest absolute Gasteiger partial charge is 0.226 e. The lowest BCUT2D eigenvalue weighted by Gasteiger charge is -2.16. The molecule has 0 heterocycles. The number of amides is 2. The minimum absolute atomic E-state index is 0.102. The predicted molar refractivity (Wildman–Crippen MR) is 99.9 cm³/mol. The predicted octanol–water partition coefficient (Wildman–Crippen LogP) is 2.88. The van der Waals surface area contributed by atoms with Crippen LogP contribution in [0.25, 0.3) is 0 Å². The molecule has 27 heavy (non-hydrogen) atoms. The second-order valence-corrected chi connectivity index (χ2v) is 6.05. The fourth-order valence-corrected chi connectivity index (χ4v) is 2.50. The van der Waals surface area contributed by atoms with Crippen LogP contribution in [-0.4, -0.2) is 31.6 Å². The third-order valence-electron chi connectivity index (χ3n) is 3.64. The molecular weight excluding hydrogens is 351 g/mol. The van der Waals surface area contributed by atoms with Crippen LogP contribution in [0, 0.1) is 5.82 Å². The molecule has 0 fully saturated rings. The van der Waals surface area contributed by atoms with Gasteiger partial charge in [0, 0.05) is 26.1 Å². The molecule has 0 radical (unpaired) electrons. The number of carbonyl (C=O) groups excluding carboxylic acids is 2. The van der Waals surface area contributed by atoms with Crippen molar-refractivity contribution in [1.29, 1.82) is 0 Å². The van der Waals surface area contributed by atoms with Gasteiger partial charge in [-0.15, -0.1) is 0 Å². The van der Waals surface area contributed by atoms with Crippen molar-refractivity contribution in [2.24, 2.45) is 0 Å². The number of ether oxygens (including phenoxy) is 2. The van der Waals surface area contributed by atoms with Crippen molar-refractivity contribution in [3.8, 4) is 5.75 Å². The van der Waals surface area contributed by atoms with E-state index in [4.69, 9.17) is 9.47 Å². The molecule has 0 unspecified atom stereocenters. The molecule has 2 rings (SSSR count). The summed E-state index contributed by atoms with van der Waals surface area (Å²) in [6.45, 7) is 1.89. The minimum atomic E-state index is -0.388. The van der Waals surface area contributed by atoms with E-state index in [1.807, 2.05) is 0 Å². The summed E-state index contributed by atoms with van der Waals surface area (Å²) in [4.78, 5) is 23.3. The molecule has 7 heteroatoms. The first-order valence-corrected chi connectivity index (χ1v) is 8.49. The summed E-state index contributed by atoms with van der Waals surface area (Å²) >= 11 is 0. The number of methoxy groups -OCH3 is 1. The van der Waals surface area contributed by atoms with Gasteiger partial charge >= 0.3 is 0 Å². The summed E-state index contributed by atoms with van der Waals surface area (Å²) in [6.07, 6.45) is 0.102. The zero-order chi connectivity index (χ0) is 19.6. The number of rotatable bonds is 9. The molecule has 0 spiro atoms. The van der Waals surface area contributed by atoms with Crippen molar-refractivity contribution in [2.75, 3.05) is 19.0 Å². The average molecular weight is 374 g/mol. The summed E-state index contributed by atoms with van der Waals surface area (Å²) in [5.74, 6) is -0.156. The van der Waals surface area contributed by atoms with Crippen LogP contribution in [0.1, 0.15) is 18.9 Å². The molecule has 0 saturated heterocycles. The van der Waals surface area contributed by atoms with E-state index < -0.39 is 0 Å². The van der Waals surface area contributed by atoms with Gasteiger partial charge in [-0.05, 0) is 42.0 Å². The van der Waals surface area contributed by atoms with Gasteiger partial charge in [-0.25, -0.2) is 4.39 Å². The maximum absolute atomic E-state index is 13.1. The van der Waals surface area contributed by atoms with Crippen LogP contribution in [0.15, 0.2) is 48.5 Å². The van der Waals surface area contributed by atoms with Crippen LogP contribution >= 0.6 is 0 Å². The second kappa shape index (κ2) is 10.3. The van der Waals surface area contributed by atoms with Gasteiger partial charge in [-0.2, -0.15) is 0 Å². The first-order chi connectivity index (χ1) is 13.0. The standard InChI is InChI=1S/C20H23FN2O4/c1-14(24)22-18(13-26-2)11-20(25)23-17-6-8-19(9-7-17)27-12-15-4-3-5-16(21)10-15/h3-10,18H,11-13H2,1-2H3,(H,22,24)(H,23,25)/t18-/m0/s1. The summed E-state index contributed by atoms with van der Waals surface area (Å²) in [7, 11) is 1.51. The Hall–Kier alpha value is -2.93. The minimum Gasteiger partial charge on any atom is -0.489 e. The number of hydrogen-bond donors (Lipinski definition) is 2. The molecule has 6 nitrogen and oxygen atoms in total. The molecular formula is C20H23FN2O4. The number of halogens is 1. The van der Waals surface area contributed by atoms with Gasteiger partial charge in [-0.3, -0.25) is 9.59 Å². The van der Waals surface area contributed by atoms with Crippen molar-refractivity contribution in [3.05, 3.63) is 59.9 Å². The molecule has 1 atom stereocenters. The van der Waals surface area contributed by atoms with Crippen molar-refractivity contribution >= 4 is 17.5 Å². The molecule has 0 aliphatic rings. The van der Waals surface area contributed by atoms with Crippen molar-refractivity contribution in [3.63, 3.8) is 0 Å². The second-order valence-electron chi connectivity index (χ2n) is 6.05. The van der Waals surface area contributed by atoms with Crippen LogP contribution in [-0.2, 0) is 20.9 Å². The van der Waals surface area contributed by atoms with E-state index in [9.17, 15) is 14.0 Å². The lowest BCUT2D eigenvalue weighted by atomic mass is 10.2. The fourth-order valence-electron chi connectivity index (χ4n) is 2.50. The Kier molecular flexibility index (Phi) is 7.76. The molecule has 0 bridgehead atoms. The summed E-state index contributed by atoms with van der Waals surface area (Å²) < 4.78 is 23.8. The fraction of sp³-hybridized carbons (Fsp3) is 0.300. The molecule has 0 aliphatic heterocycles. The van der Waals surface area contributed by atoms with E-state index in [1.165, 1.54) is 26.2 Å². The Bertz CT molecular complexity index is 765. The molecule has 2 amide bonds. The van der Waals surface area contributed by atoms with E-state index in [0.29, 0.717) is 11.4 Å². The van der Waals surface area contributed by atoms with E-state index in [1.54, 1.807) is 36.4 Å². The number of anilines is 1. The highest BCUT2D eigenvalue weighted by Crippen LogP contribution is 2.17. The van der Waals surface area contributed by atoms with Crippen LogP contribution in [0.5, 0.6) is 5.75 Å². The first-order valence-electron chi connectivity index (χ1n) is 8.49. The van der Waals surface area contributed by atoms with Gasteiger partial charge in [0.05, 0.1) is 12.6 Å². The Balaban J connectivity index is 1.85. The molecule has 2 aromatic carbocycles. The Labute approximate surface area is 157 Å². The monoisotopic (exact) mass is 374 g/mol. The van der Waals surface area contributed by atoms with Crippen LogP contribution in [0.3, 0.4) is 0 Å². The van der Waals surface area contributed by atoms with Gasteiger partial charge in [0.15, 0.2) is 0 Å². The maximum Gasteiger partial charge on any atom is 0.226 e. The van der Waals surface area contributed by atoms with E-state index in [0.717, 1.165) is 5.56 Å². The zero-order valence-electron chi connectivity index (χ0n) is 15.3. The highest BCUT2D eigenvalue weighted by Gasteiger charge is 2.15. The number of nitrogens with one attached hydrogen (secondary N) is 2. The Morgan fingerprint density at radius 3 is 2.52 bits per heavy atom. The molecule has 2 aromatic rings. The van der Waals surface area contributed by atoms with E-state index in [2.05, 4.69) is 10.6 Å². The summed E-state index contributed by atoms with van der Waals surface area (Å²) in [5, 5.41) is 5.43. The summed E-state index contributed by atoms with van der Waals surface area (Å²) in [6, 6.07) is 12.7. The number of hydrogen-bond acceptors (Lipinski definition) is 4. The van der Waals surface area contributed by atoms with Crippen molar-refractivity contribution in [2.45, 2.75) is 26.0 Å². The van der Waals surface area contributed by atoms with Gasteiger partial charge in [0.1, 0.15) is 18.2 Å². The van der Waals surface area contributed by atoms with Crippen molar-refractivity contribution in [1.82, 2.24) is 5.32 Å². The summed E-state index contributed by atoms with van der Waals surface area (Å²) in [5.41, 5.74) is 1.34. The SMILES string of the molecule is COC[C@H](CC(=O)Nc1ccc(OCc2cccc(F)c2)cc1)NC(C)=O. The van der Waals surface area contributed by atoms with Gasteiger partial charge in [0.2, 0.25) is 11.8 Å². The molecule has 0 aromatic heterocycles. The molecule has 2 N–H and O–H groups in total. The average Bonchev–Trinajstić information content (AvgIpc) is 2.61. The molecule has 0 aliphatic carbocycles. The van der Waals surface area contributed by atoms with Crippen LogP contribution < -0.4 is 15.4 Å². The van der Waals surface area contributed by atoms with Gasteiger partial charge in [0.25, 0.3) is 0 Å². The highest BCUT2D eigenvalue weighted by atomic mass is 19.1. The van der Waals surface area contributed by atoms with Crippen LogP contribution in [0.2, 0.25) is 0 Å². The Morgan fingerprint density at radius 2 is 1.89 bits per heavy atom. The quantitative estimate of drug-likeness (QED) is 0.708. The largest absolute Gasteiger partial charge is 0.489 e. The number of carbonyl (C=O) groups is 2. The highest BCUT2D eigenvalue weighted by molar-refractivity contribution is 5.91. The first kappa shape index (κ1) is 20.4. The van der Waals surface area contributed by atoms with Crippen LogP contribution in [0.4, 0.5) is 10.1 Å². The maximum atomic E-state index is 13.1. The van der Waals surface area contributed by atoms with Gasteiger partial charge < -0.3 is 20.1 Å². The third kappa shape index (κ3) is 7.45. The Morgan fingerprint density at radius 1 is 1.15 bits per heavy atom. The van der Waals surface area contributed by atoms with Crippen molar-refractivity contribution < 1.29 is 23.5 Å². The lowest BCUT2D eigenvalue weighted by molar-refractivity contribution is -0.121. The molecule has 0 saturated carbocycles.